The van der Waals surface area contributed by atoms with Crippen LogP contribution in [-0.4, -0.2) is 17.1 Å². The topological polar surface area (TPSA) is 49.3 Å². The highest BCUT2D eigenvalue weighted by Gasteiger charge is 2.40. The third kappa shape index (κ3) is 3.23. The molecule has 1 atom stereocenters. The number of benzene rings is 1. The average molecular weight is 340 g/mol. The number of carboxylic acid groups (broad SMARTS) is 1. The molecule has 110 valence electrons. The van der Waals surface area contributed by atoms with Gasteiger partial charge in [0.05, 0.1) is 0 Å². The van der Waals surface area contributed by atoms with Crippen LogP contribution in [0.2, 0.25) is 0 Å². The molecule has 0 bridgehead atoms. The van der Waals surface area contributed by atoms with Gasteiger partial charge in [-0.3, -0.25) is 5.32 Å². The number of rotatable bonds is 5. The summed E-state index contributed by atoms with van der Waals surface area (Å²) in [7, 11) is 0. The van der Waals surface area contributed by atoms with Crippen LogP contribution < -0.4 is 5.32 Å². The number of hydrogen-bond acceptors (Lipinski definition) is 2. The van der Waals surface area contributed by atoms with E-state index in [1.165, 1.54) is 19.3 Å². The molecule has 0 saturated heterocycles. The van der Waals surface area contributed by atoms with Crippen molar-refractivity contribution in [3.63, 3.8) is 0 Å². The van der Waals surface area contributed by atoms with Crippen molar-refractivity contribution in [2.24, 2.45) is 0 Å². The van der Waals surface area contributed by atoms with Crippen LogP contribution in [0.15, 0.2) is 28.7 Å². The Labute approximate surface area is 128 Å². The van der Waals surface area contributed by atoms with Gasteiger partial charge in [-0.2, -0.15) is 0 Å². The Bertz CT molecular complexity index is 454. The first-order valence-corrected chi connectivity index (χ1v) is 8.15. The van der Waals surface area contributed by atoms with Gasteiger partial charge in [0.2, 0.25) is 0 Å². The van der Waals surface area contributed by atoms with E-state index in [0.717, 1.165) is 22.9 Å². The predicted octanol–water partition coefficient (Wildman–Crippen LogP) is 4.06. The summed E-state index contributed by atoms with van der Waals surface area (Å²) in [6.07, 6.45) is 6.34. The van der Waals surface area contributed by atoms with E-state index in [1.54, 1.807) is 0 Å². The Morgan fingerprint density at radius 2 is 1.90 bits per heavy atom. The highest BCUT2D eigenvalue weighted by Crippen LogP contribution is 2.30. The Morgan fingerprint density at radius 3 is 2.40 bits per heavy atom. The van der Waals surface area contributed by atoms with E-state index in [1.807, 2.05) is 31.2 Å². The monoisotopic (exact) mass is 339 g/mol. The maximum absolute atomic E-state index is 11.9. The van der Waals surface area contributed by atoms with Crippen LogP contribution >= 0.6 is 15.9 Å². The van der Waals surface area contributed by atoms with Crippen LogP contribution in [0, 0.1) is 0 Å². The molecule has 2 rings (SSSR count). The lowest BCUT2D eigenvalue weighted by Gasteiger charge is -2.36. The SMILES string of the molecule is CCC(NC1CCCCC1)(C(=O)O)c1ccc(Br)cc1. The van der Waals surface area contributed by atoms with Crippen molar-refractivity contribution in [2.75, 3.05) is 0 Å². The van der Waals surface area contributed by atoms with Gasteiger partial charge >= 0.3 is 5.97 Å². The molecule has 1 fully saturated rings. The van der Waals surface area contributed by atoms with Gasteiger partial charge in [-0.1, -0.05) is 54.2 Å². The molecule has 3 nitrogen and oxygen atoms in total. The second kappa shape index (κ2) is 6.72. The predicted molar refractivity (Wildman–Crippen MR) is 83.8 cm³/mol. The lowest BCUT2D eigenvalue weighted by Crippen LogP contribution is -2.53. The fourth-order valence-corrected chi connectivity index (χ4v) is 3.32. The van der Waals surface area contributed by atoms with Crippen LogP contribution in [0.25, 0.3) is 0 Å². The molecule has 1 aliphatic carbocycles. The molecule has 2 N–H and O–H groups in total. The first-order valence-electron chi connectivity index (χ1n) is 7.35. The van der Waals surface area contributed by atoms with Gasteiger partial charge in [-0.05, 0) is 37.0 Å². The van der Waals surface area contributed by atoms with Gasteiger partial charge in [-0.25, -0.2) is 4.79 Å². The van der Waals surface area contributed by atoms with Gasteiger partial charge in [0, 0.05) is 10.5 Å². The highest BCUT2D eigenvalue weighted by molar-refractivity contribution is 9.10. The van der Waals surface area contributed by atoms with Crippen molar-refractivity contribution < 1.29 is 9.90 Å². The van der Waals surface area contributed by atoms with E-state index < -0.39 is 11.5 Å². The zero-order chi connectivity index (χ0) is 14.6. The molecule has 0 aromatic heterocycles. The Morgan fingerprint density at radius 1 is 1.30 bits per heavy atom. The minimum Gasteiger partial charge on any atom is -0.480 e. The summed E-state index contributed by atoms with van der Waals surface area (Å²) in [5.41, 5.74) is -0.135. The summed E-state index contributed by atoms with van der Waals surface area (Å²) in [5.74, 6) is -0.784. The number of hydrogen-bond donors (Lipinski definition) is 2. The number of carbonyl (C=O) groups is 1. The largest absolute Gasteiger partial charge is 0.480 e. The van der Waals surface area contributed by atoms with Gasteiger partial charge in [0.15, 0.2) is 0 Å². The fourth-order valence-electron chi connectivity index (χ4n) is 3.06. The summed E-state index contributed by atoms with van der Waals surface area (Å²) in [5, 5.41) is 13.2. The minimum absolute atomic E-state index is 0.309. The van der Waals surface area contributed by atoms with Crippen LogP contribution in [0.4, 0.5) is 0 Å². The smallest absolute Gasteiger partial charge is 0.328 e. The highest BCUT2D eigenvalue weighted by atomic mass is 79.9. The van der Waals surface area contributed by atoms with Crippen LogP contribution in [-0.2, 0) is 10.3 Å². The summed E-state index contributed by atoms with van der Waals surface area (Å²) in [6, 6.07) is 7.93. The van der Waals surface area contributed by atoms with Crippen molar-refractivity contribution >= 4 is 21.9 Å². The van der Waals surface area contributed by atoms with Crippen molar-refractivity contribution in [3.8, 4) is 0 Å². The van der Waals surface area contributed by atoms with Gasteiger partial charge in [0.25, 0.3) is 0 Å². The van der Waals surface area contributed by atoms with Gasteiger partial charge in [0.1, 0.15) is 5.54 Å². The second-order valence-electron chi connectivity index (χ2n) is 5.55. The summed E-state index contributed by atoms with van der Waals surface area (Å²) in [4.78, 5) is 11.9. The van der Waals surface area contributed by atoms with E-state index in [-0.39, 0.29) is 0 Å². The Balaban J connectivity index is 2.28. The van der Waals surface area contributed by atoms with Crippen molar-refractivity contribution in [1.82, 2.24) is 5.32 Å². The van der Waals surface area contributed by atoms with Crippen LogP contribution in [0.1, 0.15) is 51.0 Å². The average Bonchev–Trinajstić information content (AvgIpc) is 2.46. The van der Waals surface area contributed by atoms with Gasteiger partial charge in [-0.15, -0.1) is 0 Å². The Hall–Kier alpha value is -0.870. The maximum Gasteiger partial charge on any atom is 0.328 e. The molecule has 0 aliphatic heterocycles. The molecular weight excluding hydrogens is 318 g/mol. The van der Waals surface area contributed by atoms with Crippen LogP contribution in [0.5, 0.6) is 0 Å². The Kier molecular flexibility index (Phi) is 5.22. The summed E-state index contributed by atoms with van der Waals surface area (Å²) in [6.45, 7) is 1.94. The van der Waals surface area contributed by atoms with E-state index in [0.29, 0.717) is 12.5 Å². The van der Waals surface area contributed by atoms with Crippen LogP contribution in [0.3, 0.4) is 0 Å². The zero-order valence-corrected chi connectivity index (χ0v) is 13.4. The molecular formula is C16H22BrNO2. The molecule has 1 saturated carbocycles. The number of nitrogens with one attached hydrogen (secondary N) is 1. The summed E-state index contributed by atoms with van der Waals surface area (Å²) < 4.78 is 0.967. The van der Waals surface area contributed by atoms with Crippen molar-refractivity contribution in [2.45, 2.75) is 57.0 Å². The maximum atomic E-state index is 11.9. The second-order valence-corrected chi connectivity index (χ2v) is 6.47. The van der Waals surface area contributed by atoms with E-state index in [2.05, 4.69) is 21.2 Å². The summed E-state index contributed by atoms with van der Waals surface area (Å²) >= 11 is 3.40. The van der Waals surface area contributed by atoms with Gasteiger partial charge < -0.3 is 5.11 Å². The third-order valence-corrected chi connectivity index (χ3v) is 4.82. The first-order chi connectivity index (χ1) is 9.58. The molecule has 0 spiro atoms. The van der Waals surface area contributed by atoms with Crippen molar-refractivity contribution in [3.05, 3.63) is 34.3 Å². The zero-order valence-electron chi connectivity index (χ0n) is 11.9. The lowest BCUT2D eigenvalue weighted by atomic mass is 9.84. The molecule has 1 unspecified atom stereocenters. The van der Waals surface area contributed by atoms with E-state index >= 15 is 0 Å². The first kappa shape index (κ1) is 15.5. The number of carboxylic acids is 1. The normalized spacial score (nSPS) is 19.5. The molecule has 4 heteroatoms. The lowest BCUT2D eigenvalue weighted by molar-refractivity contribution is -0.146. The molecule has 20 heavy (non-hydrogen) atoms. The van der Waals surface area contributed by atoms with E-state index in [4.69, 9.17) is 0 Å². The van der Waals surface area contributed by atoms with Crippen molar-refractivity contribution in [1.29, 1.82) is 0 Å². The minimum atomic E-state index is -0.970. The number of aliphatic carboxylic acids is 1. The number of halogens is 1. The molecule has 1 aromatic rings. The quantitative estimate of drug-likeness (QED) is 0.850. The molecule has 0 heterocycles. The molecule has 1 aliphatic rings. The fraction of sp³-hybridized carbons (Fsp3) is 0.562. The molecule has 1 aromatic carbocycles. The molecule has 0 radical (unpaired) electrons. The standard InChI is InChI=1S/C16H22BrNO2/c1-2-16(15(19)20,12-8-10-13(17)11-9-12)18-14-6-4-3-5-7-14/h8-11,14,18H,2-7H2,1H3,(H,19,20). The third-order valence-electron chi connectivity index (χ3n) is 4.29. The molecule has 0 amide bonds. The van der Waals surface area contributed by atoms with E-state index in [9.17, 15) is 9.90 Å².